The molecule has 0 aliphatic carbocycles. The SMILES string of the molecule is CS(=O)(=O)N(CC(=O)Nc1ccc(N2CCOCC2)cc1)c1cc(Cl)cc(Cl)c1. The van der Waals surface area contributed by atoms with Gasteiger partial charge in [0, 0.05) is 34.5 Å². The highest BCUT2D eigenvalue weighted by atomic mass is 35.5. The second-order valence-electron chi connectivity index (χ2n) is 6.59. The fraction of sp³-hybridized carbons (Fsp3) is 0.316. The van der Waals surface area contributed by atoms with Gasteiger partial charge in [0.2, 0.25) is 15.9 Å². The molecule has 1 N–H and O–H groups in total. The average molecular weight is 458 g/mol. The van der Waals surface area contributed by atoms with E-state index in [0.717, 1.165) is 29.3 Å². The van der Waals surface area contributed by atoms with Crippen molar-refractivity contribution >= 4 is 56.2 Å². The van der Waals surface area contributed by atoms with Gasteiger partial charge in [-0.05, 0) is 42.5 Å². The van der Waals surface area contributed by atoms with Crippen molar-refractivity contribution in [2.24, 2.45) is 0 Å². The molecular weight excluding hydrogens is 437 g/mol. The molecule has 0 saturated carbocycles. The molecule has 1 fully saturated rings. The molecule has 7 nitrogen and oxygen atoms in total. The van der Waals surface area contributed by atoms with E-state index in [0.29, 0.717) is 18.9 Å². The molecule has 2 aromatic carbocycles. The van der Waals surface area contributed by atoms with Crippen LogP contribution in [0.25, 0.3) is 0 Å². The Hall–Kier alpha value is -2.00. The third-order valence-electron chi connectivity index (χ3n) is 4.35. The number of hydrogen-bond donors (Lipinski definition) is 1. The zero-order valence-corrected chi connectivity index (χ0v) is 18.1. The number of benzene rings is 2. The van der Waals surface area contributed by atoms with Crippen LogP contribution in [0.5, 0.6) is 0 Å². The number of amides is 1. The molecule has 0 unspecified atom stereocenters. The summed E-state index contributed by atoms with van der Waals surface area (Å²) in [5, 5.41) is 3.28. The lowest BCUT2D eigenvalue weighted by Crippen LogP contribution is -2.37. The molecule has 10 heteroatoms. The Kier molecular flexibility index (Phi) is 6.89. The van der Waals surface area contributed by atoms with Crippen molar-refractivity contribution in [3.05, 3.63) is 52.5 Å². The quantitative estimate of drug-likeness (QED) is 0.719. The minimum absolute atomic E-state index is 0.225. The van der Waals surface area contributed by atoms with Gasteiger partial charge in [0.05, 0.1) is 25.2 Å². The molecule has 0 radical (unpaired) electrons. The van der Waals surface area contributed by atoms with E-state index in [4.69, 9.17) is 27.9 Å². The van der Waals surface area contributed by atoms with Crippen LogP contribution in [-0.4, -0.2) is 53.4 Å². The number of nitrogens with one attached hydrogen (secondary N) is 1. The van der Waals surface area contributed by atoms with Crippen LogP contribution in [0.2, 0.25) is 10.0 Å². The number of ether oxygens (including phenoxy) is 1. The van der Waals surface area contributed by atoms with Gasteiger partial charge in [-0.25, -0.2) is 8.42 Å². The number of halogens is 2. The fourth-order valence-corrected chi connectivity index (χ4v) is 4.35. The summed E-state index contributed by atoms with van der Waals surface area (Å²) in [5.41, 5.74) is 1.84. The normalized spacial score (nSPS) is 14.5. The predicted octanol–water partition coefficient (Wildman–Crippen LogP) is 3.23. The number of anilines is 3. The first-order valence-corrected chi connectivity index (χ1v) is 11.5. The number of morpholine rings is 1. The van der Waals surface area contributed by atoms with Crippen molar-refractivity contribution in [1.82, 2.24) is 0 Å². The maximum absolute atomic E-state index is 12.5. The van der Waals surface area contributed by atoms with Crippen LogP contribution in [-0.2, 0) is 19.6 Å². The van der Waals surface area contributed by atoms with Crippen molar-refractivity contribution in [1.29, 1.82) is 0 Å². The summed E-state index contributed by atoms with van der Waals surface area (Å²) in [5.74, 6) is -0.481. The third-order valence-corrected chi connectivity index (χ3v) is 5.93. The molecular formula is C19H21Cl2N3O4S. The summed E-state index contributed by atoms with van der Waals surface area (Å²) in [6.07, 6.45) is 1.02. The van der Waals surface area contributed by atoms with Gasteiger partial charge in [-0.15, -0.1) is 0 Å². The van der Waals surface area contributed by atoms with E-state index in [1.807, 2.05) is 12.1 Å². The summed E-state index contributed by atoms with van der Waals surface area (Å²) >= 11 is 11.9. The molecule has 1 saturated heterocycles. The molecule has 2 aromatic rings. The lowest BCUT2D eigenvalue weighted by molar-refractivity contribution is -0.114. The van der Waals surface area contributed by atoms with Crippen molar-refractivity contribution < 1.29 is 17.9 Å². The van der Waals surface area contributed by atoms with Crippen LogP contribution in [0.15, 0.2) is 42.5 Å². The Bertz CT molecular complexity index is 957. The topological polar surface area (TPSA) is 79.0 Å². The second kappa shape index (κ2) is 9.21. The van der Waals surface area contributed by atoms with E-state index < -0.39 is 22.5 Å². The average Bonchev–Trinajstić information content (AvgIpc) is 2.66. The molecule has 0 atom stereocenters. The van der Waals surface area contributed by atoms with Crippen LogP contribution >= 0.6 is 23.2 Å². The zero-order valence-electron chi connectivity index (χ0n) is 15.8. The Morgan fingerprint density at radius 3 is 2.24 bits per heavy atom. The third kappa shape index (κ3) is 5.99. The minimum Gasteiger partial charge on any atom is -0.378 e. The van der Waals surface area contributed by atoms with Crippen molar-refractivity contribution in [2.45, 2.75) is 0 Å². The number of nitrogens with zero attached hydrogens (tertiary/aromatic N) is 2. The van der Waals surface area contributed by atoms with Gasteiger partial charge in [0.15, 0.2) is 0 Å². The summed E-state index contributed by atoms with van der Waals surface area (Å²) < 4.78 is 30.7. The van der Waals surface area contributed by atoms with E-state index in [-0.39, 0.29) is 15.7 Å². The van der Waals surface area contributed by atoms with E-state index in [9.17, 15) is 13.2 Å². The van der Waals surface area contributed by atoms with Gasteiger partial charge >= 0.3 is 0 Å². The number of sulfonamides is 1. The number of hydrogen-bond acceptors (Lipinski definition) is 5. The van der Waals surface area contributed by atoms with E-state index >= 15 is 0 Å². The molecule has 1 aliphatic rings. The molecule has 156 valence electrons. The number of rotatable bonds is 6. The van der Waals surface area contributed by atoms with E-state index in [1.54, 1.807) is 12.1 Å². The van der Waals surface area contributed by atoms with Gasteiger partial charge < -0.3 is 15.0 Å². The van der Waals surface area contributed by atoms with E-state index in [2.05, 4.69) is 10.2 Å². The number of carbonyl (C=O) groups is 1. The molecule has 3 rings (SSSR count). The van der Waals surface area contributed by atoms with Crippen molar-refractivity contribution in [3.8, 4) is 0 Å². The Balaban J connectivity index is 1.70. The lowest BCUT2D eigenvalue weighted by atomic mass is 10.2. The lowest BCUT2D eigenvalue weighted by Gasteiger charge is -2.29. The Morgan fingerprint density at radius 1 is 1.10 bits per heavy atom. The molecule has 0 spiro atoms. The van der Waals surface area contributed by atoms with Gasteiger partial charge in [0.25, 0.3) is 0 Å². The monoisotopic (exact) mass is 457 g/mol. The first-order valence-electron chi connectivity index (χ1n) is 8.89. The second-order valence-corrected chi connectivity index (χ2v) is 9.37. The molecule has 29 heavy (non-hydrogen) atoms. The molecule has 1 amide bonds. The largest absolute Gasteiger partial charge is 0.378 e. The van der Waals surface area contributed by atoms with Gasteiger partial charge in [0.1, 0.15) is 6.54 Å². The number of carbonyl (C=O) groups excluding carboxylic acids is 1. The highest BCUT2D eigenvalue weighted by Crippen LogP contribution is 2.27. The van der Waals surface area contributed by atoms with Crippen LogP contribution in [0, 0.1) is 0 Å². The molecule has 1 aliphatic heterocycles. The zero-order chi connectivity index (χ0) is 21.0. The Labute approximate surface area is 180 Å². The predicted molar refractivity (Wildman–Crippen MR) is 117 cm³/mol. The smallest absolute Gasteiger partial charge is 0.245 e. The van der Waals surface area contributed by atoms with Gasteiger partial charge in [-0.3, -0.25) is 9.10 Å². The highest BCUT2D eigenvalue weighted by Gasteiger charge is 2.22. The van der Waals surface area contributed by atoms with Gasteiger partial charge in [-0.2, -0.15) is 0 Å². The standard InChI is InChI=1S/C19H21Cl2N3O4S/c1-29(26,27)24(18-11-14(20)10-15(21)12-18)13-19(25)22-16-2-4-17(5-3-16)23-6-8-28-9-7-23/h2-5,10-12H,6-9,13H2,1H3,(H,22,25). The fourth-order valence-electron chi connectivity index (χ4n) is 2.99. The maximum atomic E-state index is 12.5. The first kappa shape index (κ1) is 21.7. The minimum atomic E-state index is -3.72. The molecule has 0 aromatic heterocycles. The highest BCUT2D eigenvalue weighted by molar-refractivity contribution is 7.92. The summed E-state index contributed by atoms with van der Waals surface area (Å²) in [6, 6.07) is 11.8. The maximum Gasteiger partial charge on any atom is 0.245 e. The van der Waals surface area contributed by atoms with Crippen LogP contribution in [0.4, 0.5) is 17.1 Å². The summed E-state index contributed by atoms with van der Waals surface area (Å²) in [4.78, 5) is 14.7. The summed E-state index contributed by atoms with van der Waals surface area (Å²) in [7, 11) is -3.72. The van der Waals surface area contributed by atoms with Crippen LogP contribution in [0.3, 0.4) is 0 Å². The van der Waals surface area contributed by atoms with E-state index in [1.165, 1.54) is 18.2 Å². The van der Waals surface area contributed by atoms with Crippen LogP contribution in [0.1, 0.15) is 0 Å². The van der Waals surface area contributed by atoms with Crippen molar-refractivity contribution in [2.75, 3.05) is 53.6 Å². The van der Waals surface area contributed by atoms with Crippen molar-refractivity contribution in [3.63, 3.8) is 0 Å². The molecule has 0 bridgehead atoms. The first-order chi connectivity index (χ1) is 13.7. The Morgan fingerprint density at radius 2 is 1.69 bits per heavy atom. The van der Waals surface area contributed by atoms with Gasteiger partial charge in [-0.1, -0.05) is 23.2 Å². The van der Waals surface area contributed by atoms with Crippen LogP contribution < -0.4 is 14.5 Å². The summed E-state index contributed by atoms with van der Waals surface area (Å²) in [6.45, 7) is 2.61. The molecule has 1 heterocycles.